The zero-order valence-electron chi connectivity index (χ0n) is 19.9. The SMILES string of the molecule is O=C1N(Cc2ccc(C3CCCCCCC3)cc2)C(=O)C(c2ccccc2)(c2ccccc2)N1Br. The number of rotatable bonds is 5. The smallest absolute Gasteiger partial charge is 0.271 e. The van der Waals surface area contributed by atoms with Gasteiger partial charge in [0.2, 0.25) is 0 Å². The van der Waals surface area contributed by atoms with Crippen molar-refractivity contribution < 1.29 is 9.59 Å². The van der Waals surface area contributed by atoms with Crippen LogP contribution in [0.1, 0.15) is 73.1 Å². The predicted molar refractivity (Wildman–Crippen MR) is 142 cm³/mol. The Morgan fingerprint density at radius 3 is 1.77 bits per heavy atom. The predicted octanol–water partition coefficient (Wildman–Crippen LogP) is 7.53. The van der Waals surface area contributed by atoms with Gasteiger partial charge in [-0.25, -0.2) is 8.72 Å². The molecular formula is C30H31BrN2O2. The maximum atomic E-state index is 14.1. The van der Waals surface area contributed by atoms with Crippen molar-refractivity contribution in [3.63, 3.8) is 0 Å². The number of hydrogen-bond acceptors (Lipinski definition) is 2. The van der Waals surface area contributed by atoms with Crippen LogP contribution in [0.3, 0.4) is 0 Å². The normalized spacial score (nSPS) is 19.0. The van der Waals surface area contributed by atoms with Crippen molar-refractivity contribution >= 4 is 28.1 Å². The maximum absolute atomic E-state index is 14.1. The van der Waals surface area contributed by atoms with Crippen LogP contribution < -0.4 is 0 Å². The first-order valence-corrected chi connectivity index (χ1v) is 13.3. The van der Waals surface area contributed by atoms with Gasteiger partial charge in [0, 0.05) is 0 Å². The molecule has 0 bridgehead atoms. The molecule has 4 nitrogen and oxygen atoms in total. The van der Waals surface area contributed by atoms with Gasteiger partial charge in [0.25, 0.3) is 5.91 Å². The Morgan fingerprint density at radius 1 is 0.714 bits per heavy atom. The molecule has 5 rings (SSSR count). The van der Waals surface area contributed by atoms with E-state index < -0.39 is 5.54 Å². The van der Waals surface area contributed by atoms with E-state index in [0.717, 1.165) is 16.7 Å². The largest absolute Gasteiger partial charge is 0.338 e. The van der Waals surface area contributed by atoms with E-state index in [-0.39, 0.29) is 18.5 Å². The Labute approximate surface area is 216 Å². The summed E-state index contributed by atoms with van der Waals surface area (Å²) in [7, 11) is 0. The third-order valence-corrected chi connectivity index (χ3v) is 8.36. The second kappa shape index (κ2) is 10.4. The Bertz CT molecular complexity index is 1120. The molecule has 0 unspecified atom stereocenters. The maximum Gasteiger partial charge on any atom is 0.338 e. The van der Waals surface area contributed by atoms with E-state index >= 15 is 0 Å². The summed E-state index contributed by atoms with van der Waals surface area (Å²) in [5.41, 5.74) is 2.59. The number of hydrogen-bond donors (Lipinski definition) is 0. The first kappa shape index (κ1) is 23.8. The molecule has 3 aromatic carbocycles. The molecule has 0 aromatic heterocycles. The van der Waals surface area contributed by atoms with E-state index in [1.54, 1.807) is 0 Å². The summed E-state index contributed by atoms with van der Waals surface area (Å²) in [6.07, 6.45) is 9.12. The summed E-state index contributed by atoms with van der Waals surface area (Å²) < 4.78 is 1.41. The molecule has 3 aromatic rings. The van der Waals surface area contributed by atoms with Crippen LogP contribution in [0.15, 0.2) is 84.9 Å². The van der Waals surface area contributed by atoms with Crippen LogP contribution in [0.4, 0.5) is 4.79 Å². The minimum absolute atomic E-state index is 0.242. The Balaban J connectivity index is 1.43. The summed E-state index contributed by atoms with van der Waals surface area (Å²) in [5, 5.41) is 0. The van der Waals surface area contributed by atoms with Crippen LogP contribution in [0.5, 0.6) is 0 Å². The number of carbonyl (C=O) groups is 2. The minimum atomic E-state index is -1.25. The van der Waals surface area contributed by atoms with E-state index in [2.05, 4.69) is 40.4 Å². The van der Waals surface area contributed by atoms with Crippen molar-refractivity contribution in [3.8, 4) is 0 Å². The molecule has 1 saturated carbocycles. The van der Waals surface area contributed by atoms with E-state index in [1.807, 2.05) is 60.7 Å². The molecule has 0 spiro atoms. The molecule has 0 radical (unpaired) electrons. The third kappa shape index (κ3) is 4.42. The van der Waals surface area contributed by atoms with Gasteiger partial charge in [0.1, 0.15) is 0 Å². The van der Waals surface area contributed by atoms with Gasteiger partial charge in [-0.2, -0.15) is 0 Å². The van der Waals surface area contributed by atoms with Crippen molar-refractivity contribution in [1.29, 1.82) is 0 Å². The topological polar surface area (TPSA) is 40.6 Å². The quantitative estimate of drug-likeness (QED) is 0.252. The highest BCUT2D eigenvalue weighted by atomic mass is 79.9. The third-order valence-electron chi connectivity index (χ3n) is 7.53. The lowest BCUT2D eigenvalue weighted by Crippen LogP contribution is -2.43. The molecule has 1 heterocycles. The minimum Gasteiger partial charge on any atom is -0.271 e. The lowest BCUT2D eigenvalue weighted by Gasteiger charge is -2.32. The summed E-state index contributed by atoms with van der Waals surface area (Å²) >= 11 is 3.49. The second-order valence-corrected chi connectivity index (χ2v) is 10.4. The number of halogens is 1. The Hall–Kier alpha value is -2.92. The number of benzene rings is 3. The second-order valence-electron chi connectivity index (χ2n) is 9.68. The van der Waals surface area contributed by atoms with Crippen molar-refractivity contribution in [2.45, 2.75) is 62.9 Å². The average Bonchev–Trinajstić information content (AvgIpc) is 3.06. The van der Waals surface area contributed by atoms with Crippen LogP contribution in [0.2, 0.25) is 0 Å². The first-order chi connectivity index (χ1) is 17.1. The summed E-state index contributed by atoms with van der Waals surface area (Å²) in [6.45, 7) is 0.242. The molecule has 2 aliphatic rings. The van der Waals surface area contributed by atoms with E-state index in [1.165, 1.54) is 59.3 Å². The molecule has 2 fully saturated rings. The molecule has 1 aliphatic carbocycles. The number of urea groups is 1. The molecule has 0 atom stereocenters. The standard InChI is InChI=1S/C30H31BrN2O2/c31-33-29(35)32(22-23-18-20-25(21-19-23)24-12-6-2-1-3-7-13-24)28(34)30(33,26-14-8-4-9-15-26)27-16-10-5-11-17-27/h4-5,8-11,14-21,24H,1-3,6-7,12-13,22H2. The van der Waals surface area contributed by atoms with Gasteiger partial charge >= 0.3 is 6.03 Å². The highest BCUT2D eigenvalue weighted by Gasteiger charge is 2.59. The van der Waals surface area contributed by atoms with Gasteiger partial charge in [-0.3, -0.25) is 9.69 Å². The number of carbonyl (C=O) groups excluding carboxylic acids is 2. The average molecular weight is 531 g/mol. The monoisotopic (exact) mass is 530 g/mol. The summed E-state index contributed by atoms with van der Waals surface area (Å²) in [5.74, 6) is 0.363. The van der Waals surface area contributed by atoms with Crippen molar-refractivity contribution in [1.82, 2.24) is 8.83 Å². The Kier molecular flexibility index (Phi) is 7.05. The van der Waals surface area contributed by atoms with Crippen LogP contribution in [0.25, 0.3) is 0 Å². The van der Waals surface area contributed by atoms with Gasteiger partial charge in [-0.1, -0.05) is 117 Å². The molecule has 0 N–H and O–H groups in total. The van der Waals surface area contributed by atoms with E-state index in [4.69, 9.17) is 0 Å². The van der Waals surface area contributed by atoms with Crippen molar-refractivity contribution in [2.24, 2.45) is 0 Å². The first-order valence-electron chi connectivity index (χ1n) is 12.6. The van der Waals surface area contributed by atoms with Crippen LogP contribution >= 0.6 is 16.1 Å². The van der Waals surface area contributed by atoms with Gasteiger partial charge in [0.15, 0.2) is 5.54 Å². The molecule has 35 heavy (non-hydrogen) atoms. The fraction of sp³-hybridized carbons (Fsp3) is 0.333. The molecule has 1 saturated heterocycles. The molecule has 5 heteroatoms. The number of nitrogens with zero attached hydrogens (tertiary/aromatic N) is 2. The highest BCUT2D eigenvalue weighted by Crippen LogP contribution is 2.45. The van der Waals surface area contributed by atoms with Crippen molar-refractivity contribution in [2.75, 3.05) is 0 Å². The Morgan fingerprint density at radius 2 is 1.23 bits per heavy atom. The zero-order chi connectivity index (χ0) is 24.3. The fourth-order valence-corrected chi connectivity index (χ4v) is 6.37. The van der Waals surface area contributed by atoms with Gasteiger partial charge < -0.3 is 0 Å². The van der Waals surface area contributed by atoms with Crippen LogP contribution in [0, 0.1) is 0 Å². The van der Waals surface area contributed by atoms with Gasteiger partial charge in [-0.05, 0) is 41.0 Å². The molecule has 1 aliphatic heterocycles. The van der Waals surface area contributed by atoms with Crippen LogP contribution in [-0.2, 0) is 16.9 Å². The molecule has 3 amide bonds. The highest BCUT2D eigenvalue weighted by molar-refractivity contribution is 9.07. The number of amides is 3. The van der Waals surface area contributed by atoms with Gasteiger partial charge in [0.05, 0.1) is 22.7 Å². The molecule has 180 valence electrons. The molecular weight excluding hydrogens is 500 g/mol. The van der Waals surface area contributed by atoms with E-state index in [0.29, 0.717) is 5.92 Å². The zero-order valence-corrected chi connectivity index (χ0v) is 21.5. The fourth-order valence-electron chi connectivity index (χ4n) is 5.62. The van der Waals surface area contributed by atoms with Crippen molar-refractivity contribution in [3.05, 3.63) is 107 Å². The number of imide groups is 1. The lowest BCUT2D eigenvalue weighted by molar-refractivity contribution is -0.131. The summed E-state index contributed by atoms with van der Waals surface area (Å²) in [4.78, 5) is 28.9. The van der Waals surface area contributed by atoms with Crippen LogP contribution in [-0.4, -0.2) is 20.8 Å². The lowest BCUT2D eigenvalue weighted by atomic mass is 9.82. The summed E-state index contributed by atoms with van der Waals surface area (Å²) in [6, 6.07) is 27.2. The van der Waals surface area contributed by atoms with E-state index in [9.17, 15) is 9.59 Å². The van der Waals surface area contributed by atoms with Gasteiger partial charge in [-0.15, -0.1) is 0 Å².